The smallest absolute Gasteiger partial charge is 0.273 e. The Bertz CT molecular complexity index is 1860. The number of carbonyl (C=O) groups is 1. The van der Waals surface area contributed by atoms with E-state index in [2.05, 4.69) is 16.5 Å². The van der Waals surface area contributed by atoms with Crippen molar-refractivity contribution in [2.24, 2.45) is 0 Å². The molecular formula is C33H29N5O5S. The fourth-order valence-electron chi connectivity index (χ4n) is 4.64. The van der Waals surface area contributed by atoms with Crippen molar-refractivity contribution in [2.45, 2.75) is 11.4 Å². The van der Waals surface area contributed by atoms with E-state index in [0.29, 0.717) is 61.9 Å². The van der Waals surface area contributed by atoms with Crippen LogP contribution in [0.3, 0.4) is 0 Å². The van der Waals surface area contributed by atoms with Crippen molar-refractivity contribution >= 4 is 23.5 Å². The molecule has 10 nitrogen and oxygen atoms in total. The summed E-state index contributed by atoms with van der Waals surface area (Å²) >= 11 is 1.30. The highest BCUT2D eigenvalue weighted by molar-refractivity contribution is 7.99. The molecule has 3 aromatic carbocycles. The third-order valence-corrected chi connectivity index (χ3v) is 7.70. The molecule has 0 bridgehead atoms. The summed E-state index contributed by atoms with van der Waals surface area (Å²) in [5.74, 6) is 1.68. The lowest BCUT2D eigenvalue weighted by atomic mass is 9.98. The van der Waals surface area contributed by atoms with Crippen LogP contribution in [0.25, 0.3) is 28.1 Å². The first-order valence-electron chi connectivity index (χ1n) is 13.6. The number of anilines is 1. The fourth-order valence-corrected chi connectivity index (χ4v) is 5.58. The molecule has 0 aliphatic carbocycles. The highest BCUT2D eigenvalue weighted by atomic mass is 32.2. The number of hydrogen-bond acceptors (Lipinski definition) is 8. The normalized spacial score (nSPS) is 10.6. The van der Waals surface area contributed by atoms with Crippen LogP contribution in [0.1, 0.15) is 12.0 Å². The predicted molar refractivity (Wildman–Crippen MR) is 170 cm³/mol. The molecule has 5 rings (SSSR count). The van der Waals surface area contributed by atoms with Gasteiger partial charge in [0.25, 0.3) is 5.56 Å². The average Bonchev–Trinajstić information content (AvgIpc) is 3.43. The van der Waals surface area contributed by atoms with Crippen molar-refractivity contribution < 1.29 is 19.0 Å². The van der Waals surface area contributed by atoms with E-state index in [9.17, 15) is 14.9 Å². The molecule has 0 spiro atoms. The lowest BCUT2D eigenvalue weighted by Crippen LogP contribution is -2.14. The molecule has 11 heteroatoms. The van der Waals surface area contributed by atoms with Gasteiger partial charge in [0, 0.05) is 29.4 Å². The highest BCUT2D eigenvalue weighted by Gasteiger charge is 2.20. The second-order valence-corrected chi connectivity index (χ2v) is 10.5. The zero-order valence-corrected chi connectivity index (χ0v) is 25.1. The molecule has 0 aliphatic heterocycles. The van der Waals surface area contributed by atoms with Gasteiger partial charge in [-0.05, 0) is 35.9 Å². The molecule has 2 N–H and O–H groups in total. The van der Waals surface area contributed by atoms with Crippen LogP contribution in [0.15, 0.2) is 94.7 Å². The van der Waals surface area contributed by atoms with Crippen LogP contribution in [0.5, 0.6) is 17.2 Å². The number of aromatic nitrogens is 3. The minimum absolute atomic E-state index is 0.116. The van der Waals surface area contributed by atoms with Gasteiger partial charge in [0.1, 0.15) is 16.9 Å². The van der Waals surface area contributed by atoms with Crippen LogP contribution < -0.4 is 25.1 Å². The monoisotopic (exact) mass is 607 g/mol. The number of hydrogen-bond donors (Lipinski definition) is 2. The number of para-hydroxylation sites is 1. The number of methoxy groups -OCH3 is 3. The number of aromatic amines is 1. The van der Waals surface area contributed by atoms with E-state index in [-0.39, 0.29) is 17.9 Å². The van der Waals surface area contributed by atoms with Crippen molar-refractivity contribution in [3.8, 4) is 51.4 Å². The molecule has 2 aromatic heterocycles. The first-order chi connectivity index (χ1) is 21.4. The molecule has 222 valence electrons. The highest BCUT2D eigenvalue weighted by Crippen LogP contribution is 2.43. The van der Waals surface area contributed by atoms with Crippen LogP contribution >= 0.6 is 11.8 Å². The van der Waals surface area contributed by atoms with Gasteiger partial charge in [0.2, 0.25) is 11.7 Å². The van der Waals surface area contributed by atoms with E-state index < -0.39 is 0 Å². The van der Waals surface area contributed by atoms with Gasteiger partial charge in [0.05, 0.1) is 38.3 Å². The predicted octanol–water partition coefficient (Wildman–Crippen LogP) is 5.91. The van der Waals surface area contributed by atoms with E-state index in [1.807, 2.05) is 54.6 Å². The van der Waals surface area contributed by atoms with Gasteiger partial charge in [-0.25, -0.2) is 9.67 Å². The minimum Gasteiger partial charge on any atom is -0.493 e. The first kappa shape index (κ1) is 30.0. The van der Waals surface area contributed by atoms with Crippen LogP contribution in [0, 0.1) is 11.3 Å². The lowest BCUT2D eigenvalue weighted by Gasteiger charge is -2.16. The van der Waals surface area contributed by atoms with Crippen molar-refractivity contribution in [3.05, 3.63) is 101 Å². The number of benzene rings is 3. The zero-order chi connectivity index (χ0) is 31.1. The topological polar surface area (TPSA) is 131 Å². The standard InChI is InChI=1S/C33H29N5O5S/c1-41-27-16-22(17-28(42-2)32(27)43-3)24-18-26(21-10-6-4-7-11-21)35-33(25(24)20-34)44-15-14-30(39)36-29-19-31(40)38(37-29)23-12-8-5-9-13-23/h4-13,16-19,37H,14-15H2,1-3H3,(H,36,39). The number of nitrogens with one attached hydrogen (secondary N) is 2. The fraction of sp³-hybridized carbons (Fsp3) is 0.152. The Balaban J connectivity index is 1.42. The Morgan fingerprint density at radius 3 is 2.20 bits per heavy atom. The summed E-state index contributed by atoms with van der Waals surface area (Å²) in [6, 6.07) is 27.8. The number of carbonyl (C=O) groups excluding carboxylic acids is 1. The van der Waals surface area contributed by atoms with Gasteiger partial charge >= 0.3 is 0 Å². The first-order valence-corrected chi connectivity index (χ1v) is 14.5. The third-order valence-electron chi connectivity index (χ3n) is 6.72. The van der Waals surface area contributed by atoms with Gasteiger partial charge in [-0.1, -0.05) is 48.5 Å². The number of ether oxygens (including phenoxy) is 3. The van der Waals surface area contributed by atoms with Crippen LogP contribution in [0.2, 0.25) is 0 Å². The maximum atomic E-state index is 12.8. The summed E-state index contributed by atoms with van der Waals surface area (Å²) in [6.45, 7) is 0. The number of pyridine rings is 1. The van der Waals surface area contributed by atoms with Crippen LogP contribution in [-0.4, -0.2) is 47.8 Å². The zero-order valence-electron chi connectivity index (χ0n) is 24.3. The van der Waals surface area contributed by atoms with Gasteiger partial charge in [0.15, 0.2) is 11.5 Å². The summed E-state index contributed by atoms with van der Waals surface area (Å²) in [5, 5.41) is 16.4. The Hall–Kier alpha value is -5.47. The molecule has 1 amide bonds. The molecule has 5 aromatic rings. The van der Waals surface area contributed by atoms with Crippen molar-refractivity contribution in [1.29, 1.82) is 5.26 Å². The van der Waals surface area contributed by atoms with Gasteiger partial charge in [-0.2, -0.15) is 5.26 Å². The minimum atomic E-state index is -0.291. The van der Waals surface area contributed by atoms with Crippen molar-refractivity contribution in [1.82, 2.24) is 14.8 Å². The SMILES string of the molecule is COc1cc(-c2cc(-c3ccccc3)nc(SCCC(=O)Nc3cc(=O)n(-c4ccccc4)[nH]3)c2C#N)cc(OC)c1OC. The molecule has 0 fully saturated rings. The number of nitrogens with zero attached hydrogens (tertiary/aromatic N) is 3. The molecule has 0 saturated heterocycles. The largest absolute Gasteiger partial charge is 0.493 e. The summed E-state index contributed by atoms with van der Waals surface area (Å²) in [4.78, 5) is 30.1. The number of thioether (sulfide) groups is 1. The molecule has 0 saturated carbocycles. The van der Waals surface area contributed by atoms with E-state index in [4.69, 9.17) is 19.2 Å². The Morgan fingerprint density at radius 2 is 1.59 bits per heavy atom. The Morgan fingerprint density at radius 1 is 0.932 bits per heavy atom. The van der Waals surface area contributed by atoms with Crippen LogP contribution in [-0.2, 0) is 4.79 Å². The van der Waals surface area contributed by atoms with Crippen molar-refractivity contribution in [2.75, 3.05) is 32.4 Å². The van der Waals surface area contributed by atoms with Crippen molar-refractivity contribution in [3.63, 3.8) is 0 Å². The number of nitriles is 1. The number of amides is 1. The Labute approximate surface area is 258 Å². The van der Waals surface area contributed by atoms with Gasteiger partial charge in [-0.15, -0.1) is 11.8 Å². The summed E-state index contributed by atoms with van der Waals surface area (Å²) in [5.41, 5.74) is 3.58. The quantitative estimate of drug-likeness (QED) is 0.177. The summed E-state index contributed by atoms with van der Waals surface area (Å²) < 4.78 is 17.9. The van der Waals surface area contributed by atoms with E-state index in [0.717, 1.165) is 5.56 Å². The van der Waals surface area contributed by atoms with Gasteiger partial charge < -0.3 is 19.5 Å². The lowest BCUT2D eigenvalue weighted by molar-refractivity contribution is -0.115. The molecule has 0 radical (unpaired) electrons. The second kappa shape index (κ2) is 13.7. The average molecular weight is 608 g/mol. The maximum Gasteiger partial charge on any atom is 0.273 e. The number of rotatable bonds is 11. The maximum absolute atomic E-state index is 12.8. The molecular weight excluding hydrogens is 578 g/mol. The summed E-state index contributed by atoms with van der Waals surface area (Å²) in [6.07, 6.45) is 0.116. The van der Waals surface area contributed by atoms with E-state index in [1.54, 1.807) is 24.3 Å². The number of H-pyrrole nitrogens is 1. The summed E-state index contributed by atoms with van der Waals surface area (Å²) in [7, 11) is 4.60. The molecule has 0 unspecified atom stereocenters. The van der Waals surface area contributed by atoms with E-state index in [1.165, 1.54) is 43.8 Å². The van der Waals surface area contributed by atoms with E-state index >= 15 is 0 Å². The molecule has 0 atom stereocenters. The third kappa shape index (κ3) is 6.45. The molecule has 0 aliphatic rings. The molecule has 2 heterocycles. The Kier molecular flexibility index (Phi) is 9.32. The molecule has 44 heavy (non-hydrogen) atoms. The second-order valence-electron chi connectivity index (χ2n) is 9.45. The van der Waals surface area contributed by atoms with Crippen LogP contribution in [0.4, 0.5) is 5.82 Å². The van der Waals surface area contributed by atoms with Gasteiger partial charge in [-0.3, -0.25) is 14.7 Å².